The van der Waals surface area contributed by atoms with E-state index in [2.05, 4.69) is 56.1 Å². The van der Waals surface area contributed by atoms with Crippen LogP contribution >= 0.6 is 22.7 Å². The first-order valence-corrected chi connectivity index (χ1v) is 7.74. The summed E-state index contributed by atoms with van der Waals surface area (Å²) in [6, 6.07) is 11.0. The number of hydrogen-bond acceptors (Lipinski definition) is 3. The third-order valence-electron chi connectivity index (χ3n) is 2.98. The molecule has 0 unspecified atom stereocenters. The van der Waals surface area contributed by atoms with Gasteiger partial charge in [-0.05, 0) is 42.7 Å². The summed E-state index contributed by atoms with van der Waals surface area (Å²) in [5.41, 5.74) is 2.42. The number of hydrogen-bond donors (Lipinski definition) is 0. The fraction of sp³-hybridized carbons (Fsp3) is 0.267. The van der Waals surface area contributed by atoms with Gasteiger partial charge in [-0.15, -0.1) is 22.7 Å². The van der Waals surface area contributed by atoms with Crippen LogP contribution in [0.2, 0.25) is 0 Å². The fourth-order valence-corrected chi connectivity index (χ4v) is 3.88. The summed E-state index contributed by atoms with van der Waals surface area (Å²) < 4.78 is 1.28. The zero-order valence-electron chi connectivity index (χ0n) is 10.7. The van der Waals surface area contributed by atoms with Crippen molar-refractivity contribution in [3.63, 3.8) is 0 Å². The SMILES string of the molecule is Cc1nc2ccc(-c3ccc(C(C)C)s3)cc2s1. The van der Waals surface area contributed by atoms with Crippen molar-refractivity contribution in [3.8, 4) is 10.4 Å². The van der Waals surface area contributed by atoms with Crippen molar-refractivity contribution in [2.24, 2.45) is 0 Å². The van der Waals surface area contributed by atoms with Crippen LogP contribution < -0.4 is 0 Å². The van der Waals surface area contributed by atoms with Gasteiger partial charge in [0.25, 0.3) is 0 Å². The molecule has 92 valence electrons. The second-order valence-electron chi connectivity index (χ2n) is 4.77. The molecule has 3 heteroatoms. The maximum absolute atomic E-state index is 4.50. The van der Waals surface area contributed by atoms with Crippen LogP contribution in [0.1, 0.15) is 29.7 Å². The Labute approximate surface area is 115 Å². The van der Waals surface area contributed by atoms with Crippen LogP contribution in [-0.4, -0.2) is 4.98 Å². The van der Waals surface area contributed by atoms with Crippen molar-refractivity contribution in [1.82, 2.24) is 4.98 Å². The van der Waals surface area contributed by atoms with Gasteiger partial charge >= 0.3 is 0 Å². The first-order valence-electron chi connectivity index (χ1n) is 6.11. The number of aromatic nitrogens is 1. The molecular formula is C15H15NS2. The number of rotatable bonds is 2. The molecule has 0 N–H and O–H groups in total. The van der Waals surface area contributed by atoms with Gasteiger partial charge in [0.1, 0.15) is 0 Å². The van der Waals surface area contributed by atoms with Crippen molar-refractivity contribution in [1.29, 1.82) is 0 Å². The highest BCUT2D eigenvalue weighted by Gasteiger charge is 2.07. The number of nitrogens with zero attached hydrogens (tertiary/aromatic N) is 1. The molecule has 0 fully saturated rings. The number of aryl methyl sites for hydroxylation is 1. The highest BCUT2D eigenvalue weighted by molar-refractivity contribution is 7.18. The lowest BCUT2D eigenvalue weighted by Gasteiger charge is -1.99. The zero-order valence-corrected chi connectivity index (χ0v) is 12.4. The third kappa shape index (κ3) is 2.08. The molecule has 0 spiro atoms. The number of fused-ring (bicyclic) bond motifs is 1. The Kier molecular flexibility index (Phi) is 2.96. The topological polar surface area (TPSA) is 12.9 Å². The van der Waals surface area contributed by atoms with Gasteiger partial charge in [-0.1, -0.05) is 19.9 Å². The van der Waals surface area contributed by atoms with Crippen molar-refractivity contribution >= 4 is 32.9 Å². The minimum absolute atomic E-state index is 0.609. The summed E-state index contributed by atoms with van der Waals surface area (Å²) in [4.78, 5) is 7.31. The molecule has 1 nitrogen and oxygen atoms in total. The first kappa shape index (κ1) is 11.9. The van der Waals surface area contributed by atoms with Gasteiger partial charge in [-0.3, -0.25) is 0 Å². The van der Waals surface area contributed by atoms with Crippen LogP contribution in [0.5, 0.6) is 0 Å². The van der Waals surface area contributed by atoms with E-state index in [1.54, 1.807) is 11.3 Å². The van der Waals surface area contributed by atoms with Crippen LogP contribution in [0.3, 0.4) is 0 Å². The van der Waals surface area contributed by atoms with Gasteiger partial charge in [0.15, 0.2) is 0 Å². The standard InChI is InChI=1S/C15H15NS2/c1-9(2)13-6-7-14(18-13)11-4-5-12-15(8-11)17-10(3)16-12/h4-9H,1-3H3. The molecular weight excluding hydrogens is 258 g/mol. The first-order chi connectivity index (χ1) is 8.63. The zero-order chi connectivity index (χ0) is 12.7. The summed E-state index contributed by atoms with van der Waals surface area (Å²) in [6.07, 6.45) is 0. The summed E-state index contributed by atoms with van der Waals surface area (Å²) in [5, 5.41) is 1.14. The molecule has 0 amide bonds. The van der Waals surface area contributed by atoms with Gasteiger partial charge in [0.2, 0.25) is 0 Å². The molecule has 0 saturated heterocycles. The molecule has 0 bridgehead atoms. The van der Waals surface area contributed by atoms with Crippen molar-refractivity contribution < 1.29 is 0 Å². The molecule has 2 heterocycles. The molecule has 1 aromatic carbocycles. The van der Waals surface area contributed by atoms with E-state index in [1.165, 1.54) is 20.0 Å². The van der Waals surface area contributed by atoms with Gasteiger partial charge < -0.3 is 0 Å². The maximum Gasteiger partial charge on any atom is 0.0907 e. The van der Waals surface area contributed by atoms with Crippen molar-refractivity contribution in [2.45, 2.75) is 26.7 Å². The molecule has 18 heavy (non-hydrogen) atoms. The Balaban J connectivity index is 2.06. The Morgan fingerprint density at radius 1 is 1.06 bits per heavy atom. The molecule has 2 aromatic heterocycles. The Hall–Kier alpha value is -1.19. The predicted octanol–water partition coefficient (Wildman–Crippen LogP) is 5.46. The summed E-state index contributed by atoms with van der Waals surface area (Å²) in [5.74, 6) is 0.609. The Morgan fingerprint density at radius 2 is 1.89 bits per heavy atom. The van der Waals surface area contributed by atoms with E-state index in [1.807, 2.05) is 11.3 Å². The normalized spacial score (nSPS) is 11.6. The van der Waals surface area contributed by atoms with Crippen LogP contribution in [0.15, 0.2) is 30.3 Å². The minimum Gasteiger partial charge on any atom is -0.242 e. The molecule has 0 saturated carbocycles. The molecule has 0 atom stereocenters. The summed E-state index contributed by atoms with van der Waals surface area (Å²) in [7, 11) is 0. The lowest BCUT2D eigenvalue weighted by Crippen LogP contribution is -1.77. The van der Waals surface area contributed by atoms with Crippen LogP contribution in [-0.2, 0) is 0 Å². The summed E-state index contributed by atoms with van der Waals surface area (Å²) >= 11 is 3.66. The Morgan fingerprint density at radius 3 is 2.61 bits per heavy atom. The van der Waals surface area contributed by atoms with Gasteiger partial charge in [0, 0.05) is 9.75 Å². The lowest BCUT2D eigenvalue weighted by atomic mass is 10.1. The van der Waals surface area contributed by atoms with Gasteiger partial charge in [-0.25, -0.2) is 4.98 Å². The largest absolute Gasteiger partial charge is 0.242 e. The molecule has 3 rings (SSSR count). The fourth-order valence-electron chi connectivity index (χ4n) is 2.01. The Bertz CT molecular complexity index is 691. The van der Waals surface area contributed by atoms with E-state index < -0.39 is 0 Å². The molecule has 0 aliphatic heterocycles. The van der Waals surface area contributed by atoms with Gasteiger partial charge in [0.05, 0.1) is 15.2 Å². The second kappa shape index (κ2) is 4.48. The van der Waals surface area contributed by atoms with Crippen molar-refractivity contribution in [3.05, 3.63) is 40.2 Å². The van der Waals surface area contributed by atoms with Crippen LogP contribution in [0.25, 0.3) is 20.7 Å². The van der Waals surface area contributed by atoms with E-state index in [0.29, 0.717) is 5.92 Å². The van der Waals surface area contributed by atoms with E-state index in [9.17, 15) is 0 Å². The second-order valence-corrected chi connectivity index (χ2v) is 7.12. The third-order valence-corrected chi connectivity index (χ3v) is 5.34. The van der Waals surface area contributed by atoms with E-state index >= 15 is 0 Å². The molecule has 3 aromatic rings. The van der Waals surface area contributed by atoms with E-state index in [0.717, 1.165) is 10.5 Å². The predicted molar refractivity (Wildman–Crippen MR) is 81.8 cm³/mol. The van der Waals surface area contributed by atoms with Gasteiger partial charge in [-0.2, -0.15) is 0 Å². The van der Waals surface area contributed by atoms with Crippen LogP contribution in [0, 0.1) is 6.92 Å². The number of thiophene rings is 1. The monoisotopic (exact) mass is 273 g/mol. The van der Waals surface area contributed by atoms with Crippen molar-refractivity contribution in [2.75, 3.05) is 0 Å². The van der Waals surface area contributed by atoms with E-state index in [-0.39, 0.29) is 0 Å². The van der Waals surface area contributed by atoms with E-state index in [4.69, 9.17) is 0 Å². The average Bonchev–Trinajstić information content (AvgIpc) is 2.91. The molecule has 0 aliphatic rings. The smallest absolute Gasteiger partial charge is 0.0907 e. The number of thiazole rings is 1. The molecule has 0 aliphatic carbocycles. The maximum atomic E-state index is 4.50. The molecule has 0 radical (unpaired) electrons. The lowest BCUT2D eigenvalue weighted by molar-refractivity contribution is 0.890. The van der Waals surface area contributed by atoms with Crippen LogP contribution in [0.4, 0.5) is 0 Å². The minimum atomic E-state index is 0.609. The summed E-state index contributed by atoms with van der Waals surface area (Å²) in [6.45, 7) is 6.54. The number of benzene rings is 1. The quantitative estimate of drug-likeness (QED) is 0.604. The highest BCUT2D eigenvalue weighted by Crippen LogP contribution is 2.34. The highest BCUT2D eigenvalue weighted by atomic mass is 32.1. The average molecular weight is 273 g/mol.